The molecule has 0 saturated carbocycles. The van der Waals surface area contributed by atoms with Crippen molar-refractivity contribution in [3.63, 3.8) is 0 Å². The first-order valence-electron chi connectivity index (χ1n) is 0.651. The molecule has 70 valence electrons. The minimum Gasteiger partial charge on any atom is -0.450 e. The van der Waals surface area contributed by atoms with Crippen LogP contribution in [0.3, 0.4) is 0 Å². The smallest absolute Gasteiger partial charge is 0.450 e. The Kier molecular flexibility index (Phi) is 280. The first kappa shape index (κ1) is 60.6. The molecule has 2 radical (unpaired) electrons. The van der Waals surface area contributed by atoms with Gasteiger partial charge in [-0.3, -0.25) is 0 Å². The van der Waals surface area contributed by atoms with E-state index < -0.39 is 6.16 Å². The first-order chi connectivity index (χ1) is 1.73. The van der Waals surface area contributed by atoms with Crippen LogP contribution < -0.4 is 6.15 Å². The molecule has 0 spiro atoms. The molecule has 0 heterocycles. The van der Waals surface area contributed by atoms with Crippen molar-refractivity contribution in [3.05, 3.63) is 0 Å². The van der Waals surface area contributed by atoms with Crippen molar-refractivity contribution in [3.8, 4) is 0 Å². The maximum absolute atomic E-state index is 8.56. The summed E-state index contributed by atoms with van der Waals surface area (Å²) < 4.78 is 0. The second-order valence-corrected chi connectivity index (χ2v) is 0.283. The molecule has 0 atom stereocenters. The van der Waals surface area contributed by atoms with Crippen molar-refractivity contribution in [2.45, 2.75) is 0 Å². The zero-order valence-electron chi connectivity index (χ0n) is 4.11. The molecule has 0 aromatic carbocycles. The van der Waals surface area contributed by atoms with Gasteiger partial charge in [-0.05, 0) is 0 Å². The van der Waals surface area contributed by atoms with E-state index in [1.807, 2.05) is 0 Å². The van der Waals surface area contributed by atoms with Crippen LogP contribution in [0.2, 0.25) is 0 Å². The molecule has 0 aliphatic rings. The molecular formula is CH9Cu2NO5. The maximum atomic E-state index is 8.56. The molecule has 0 aromatic heterocycles. The predicted molar refractivity (Wildman–Crippen MR) is 22.9 cm³/mol. The predicted octanol–water partition coefficient (Wildman–Crippen LogP) is -1.27. The second kappa shape index (κ2) is 41.6. The van der Waals surface area contributed by atoms with E-state index in [4.69, 9.17) is 15.0 Å². The molecule has 9 N–H and O–H groups in total. The number of carbonyl (C=O) groups is 1. The molecule has 0 saturated heterocycles. The summed E-state index contributed by atoms with van der Waals surface area (Å²) in [4.78, 5) is 8.56. The fraction of sp³-hybridized carbons (Fsp3) is 0. The molecule has 0 aromatic rings. The molecule has 0 bridgehead atoms. The van der Waals surface area contributed by atoms with Gasteiger partial charge in [0.1, 0.15) is 0 Å². The third-order valence-electron chi connectivity index (χ3n) is 0. The number of hydrogen-bond donors (Lipinski definition) is 3. The zero-order chi connectivity index (χ0) is 3.58. The summed E-state index contributed by atoms with van der Waals surface area (Å²) in [6.07, 6.45) is -1.83. The van der Waals surface area contributed by atoms with E-state index in [1.54, 1.807) is 0 Å². The summed E-state index contributed by atoms with van der Waals surface area (Å²) in [7, 11) is 0. The summed E-state index contributed by atoms with van der Waals surface area (Å²) in [5.41, 5.74) is 0. The zero-order valence-corrected chi connectivity index (χ0v) is 6.00. The third-order valence-corrected chi connectivity index (χ3v) is 0. The molecule has 0 fully saturated rings. The Morgan fingerprint density at radius 3 is 1.00 bits per heavy atom. The fourth-order valence-electron chi connectivity index (χ4n) is 0. The van der Waals surface area contributed by atoms with E-state index in [0.29, 0.717) is 0 Å². The van der Waals surface area contributed by atoms with Crippen LogP contribution in [-0.4, -0.2) is 27.3 Å². The molecular weight excluding hydrogens is 233 g/mol. The largest absolute Gasteiger partial charge is 0.503 e. The van der Waals surface area contributed by atoms with Crippen molar-refractivity contribution >= 4 is 6.16 Å². The van der Waals surface area contributed by atoms with Gasteiger partial charge >= 0.3 is 6.16 Å². The van der Waals surface area contributed by atoms with Crippen molar-refractivity contribution in [2.24, 2.45) is 0 Å². The van der Waals surface area contributed by atoms with Gasteiger partial charge < -0.3 is 27.3 Å². The summed E-state index contributed by atoms with van der Waals surface area (Å²) >= 11 is 0. The first-order valence-corrected chi connectivity index (χ1v) is 0.651. The second-order valence-electron chi connectivity index (χ2n) is 0.283. The summed E-state index contributed by atoms with van der Waals surface area (Å²) in [6.45, 7) is 0. The van der Waals surface area contributed by atoms with Gasteiger partial charge in [0.2, 0.25) is 0 Å². The topological polar surface area (TPSA) is 156 Å². The molecule has 6 nitrogen and oxygen atoms in total. The van der Waals surface area contributed by atoms with E-state index >= 15 is 0 Å². The summed E-state index contributed by atoms with van der Waals surface area (Å²) in [5.74, 6) is 0. The molecule has 8 heteroatoms. The van der Waals surface area contributed by atoms with E-state index in [2.05, 4.69) is 0 Å². The van der Waals surface area contributed by atoms with Crippen molar-refractivity contribution < 1.29 is 60.1 Å². The third kappa shape index (κ3) is 8780. The van der Waals surface area contributed by atoms with Gasteiger partial charge in [-0.15, -0.1) is 0 Å². The Hall–Kier alpha value is 0.189. The average Bonchev–Trinajstić information content (AvgIpc) is 0.811. The van der Waals surface area contributed by atoms with Crippen molar-refractivity contribution in [2.75, 3.05) is 0 Å². The Morgan fingerprint density at radius 1 is 1.00 bits per heavy atom. The van der Waals surface area contributed by atoms with Gasteiger partial charge in [-0.25, -0.2) is 4.79 Å². The van der Waals surface area contributed by atoms with Crippen molar-refractivity contribution in [1.82, 2.24) is 6.15 Å². The van der Waals surface area contributed by atoms with E-state index in [9.17, 15) is 0 Å². The van der Waals surface area contributed by atoms with Crippen LogP contribution in [0.15, 0.2) is 0 Å². The molecule has 0 amide bonds. The van der Waals surface area contributed by atoms with Crippen molar-refractivity contribution in [1.29, 1.82) is 0 Å². The Balaban J connectivity index is -0.00000000450. The minimum absolute atomic E-state index is 0. The molecule has 9 heavy (non-hydrogen) atoms. The van der Waals surface area contributed by atoms with E-state index in [1.165, 1.54) is 0 Å². The van der Waals surface area contributed by atoms with Gasteiger partial charge in [0.25, 0.3) is 0 Å². The number of carboxylic acid groups (broad SMARTS) is 2. The average molecular weight is 242 g/mol. The normalized spacial score (nSPS) is 2.67. The van der Waals surface area contributed by atoms with Crippen LogP contribution in [0.5, 0.6) is 0 Å². The Bertz CT molecular complexity index is 37.9. The molecule has 0 rings (SSSR count). The molecule has 0 unspecified atom stereocenters. The number of rotatable bonds is 0. The van der Waals surface area contributed by atoms with E-state index in [-0.39, 0.29) is 51.2 Å². The van der Waals surface area contributed by atoms with Crippen LogP contribution >= 0.6 is 0 Å². The van der Waals surface area contributed by atoms with Gasteiger partial charge in [0.05, 0.1) is 0 Å². The fourth-order valence-corrected chi connectivity index (χ4v) is 0. The standard InChI is InChI=1S/CH2O3.2Cu.H3N.2H2O/c2-1(3)4;;;;;/h(H2,2,3,4);;;1H3;2*1H2. The van der Waals surface area contributed by atoms with Crippen LogP contribution in [0, 0.1) is 0 Å². The molecule has 0 aliphatic heterocycles. The van der Waals surface area contributed by atoms with Gasteiger partial charge in [-0.2, -0.15) is 0 Å². The quantitative estimate of drug-likeness (QED) is 0.452. The van der Waals surface area contributed by atoms with Crippen LogP contribution in [0.1, 0.15) is 0 Å². The maximum Gasteiger partial charge on any atom is 0.503 e. The minimum atomic E-state index is -1.83. The Labute approximate surface area is 72.8 Å². The summed E-state index contributed by atoms with van der Waals surface area (Å²) in [5, 5.41) is 13.9. The van der Waals surface area contributed by atoms with Gasteiger partial charge in [0.15, 0.2) is 0 Å². The Morgan fingerprint density at radius 2 is 1.00 bits per heavy atom. The van der Waals surface area contributed by atoms with Gasteiger partial charge in [-0.1, -0.05) is 0 Å². The van der Waals surface area contributed by atoms with Crippen LogP contribution in [0.4, 0.5) is 4.79 Å². The SMILES string of the molecule is N.O.O.O=C(O)O.[Cu].[Cu]. The molecule has 0 aliphatic carbocycles. The van der Waals surface area contributed by atoms with Crippen LogP contribution in [0.25, 0.3) is 0 Å². The number of hydrogen-bond acceptors (Lipinski definition) is 2. The van der Waals surface area contributed by atoms with E-state index in [0.717, 1.165) is 0 Å². The monoisotopic (exact) mass is 241 g/mol. The van der Waals surface area contributed by atoms with Gasteiger partial charge in [0, 0.05) is 34.1 Å². The van der Waals surface area contributed by atoms with Crippen LogP contribution in [-0.2, 0) is 34.1 Å². The summed E-state index contributed by atoms with van der Waals surface area (Å²) in [6, 6.07) is 0.